The maximum atomic E-state index is 14.8. The van der Waals surface area contributed by atoms with Crippen LogP contribution in [0.25, 0.3) is 22.2 Å². The third-order valence-corrected chi connectivity index (χ3v) is 12.8. The number of amides is 2. The molecule has 0 radical (unpaired) electrons. The van der Waals surface area contributed by atoms with Crippen LogP contribution >= 0.6 is 0 Å². The molecule has 2 aromatic carbocycles. The second-order valence-corrected chi connectivity index (χ2v) is 16.7. The molecule has 254 valence electrons. The fraction of sp³-hybridized carbons (Fsp3) is 0.514. The van der Waals surface area contributed by atoms with Crippen molar-refractivity contribution >= 4 is 32.7 Å². The van der Waals surface area contributed by atoms with Crippen LogP contribution in [0.2, 0.25) is 0 Å². The Morgan fingerprint density at radius 2 is 1.90 bits per heavy atom. The van der Waals surface area contributed by atoms with Crippen LogP contribution in [0.15, 0.2) is 48.5 Å². The molecule has 3 atom stereocenters. The zero-order chi connectivity index (χ0) is 33.5. The highest BCUT2D eigenvalue weighted by atomic mass is 32.2. The average molecular weight is 673 g/mol. The van der Waals surface area contributed by atoms with Gasteiger partial charge in [-0.25, -0.2) is 13.1 Å². The third kappa shape index (κ3) is 4.99. The van der Waals surface area contributed by atoms with Gasteiger partial charge in [0.15, 0.2) is 0 Å². The number of aromatic nitrogens is 1. The van der Waals surface area contributed by atoms with Crippen molar-refractivity contribution in [1.82, 2.24) is 19.1 Å². The highest BCUT2D eigenvalue weighted by molar-refractivity contribution is 7.90. The second kappa shape index (κ2) is 11.3. The molecule has 2 saturated carbocycles. The van der Waals surface area contributed by atoms with Gasteiger partial charge in [0.1, 0.15) is 12.4 Å². The van der Waals surface area contributed by atoms with Gasteiger partial charge in [-0.05, 0) is 72.6 Å². The number of nitrogens with zero attached hydrogens (tertiary/aromatic N) is 3. The first kappa shape index (κ1) is 31.3. The van der Waals surface area contributed by atoms with E-state index in [1.54, 1.807) is 13.2 Å². The van der Waals surface area contributed by atoms with Crippen molar-refractivity contribution in [2.45, 2.75) is 76.8 Å². The molecular weight excluding hydrogens is 628 g/mol. The van der Waals surface area contributed by atoms with Gasteiger partial charge in [-0.15, -0.1) is 0 Å². The van der Waals surface area contributed by atoms with Crippen molar-refractivity contribution in [3.63, 3.8) is 0 Å². The zero-order valence-electron chi connectivity index (χ0n) is 28.1. The largest absolute Gasteiger partial charge is 0.497 e. The van der Waals surface area contributed by atoms with Gasteiger partial charge in [-0.3, -0.25) is 9.59 Å². The van der Waals surface area contributed by atoms with Crippen LogP contribution in [0.5, 0.6) is 5.75 Å². The van der Waals surface area contributed by atoms with Crippen LogP contribution in [-0.4, -0.2) is 73.7 Å². The molecule has 3 aromatic rings. The van der Waals surface area contributed by atoms with Gasteiger partial charge < -0.3 is 23.8 Å². The van der Waals surface area contributed by atoms with E-state index in [0.717, 1.165) is 65.7 Å². The van der Waals surface area contributed by atoms with Gasteiger partial charge >= 0.3 is 0 Å². The topological polar surface area (TPSA) is 110 Å². The van der Waals surface area contributed by atoms with Crippen molar-refractivity contribution < 1.29 is 27.5 Å². The molecule has 2 unspecified atom stereocenters. The number of carbonyl (C=O) groups excluding carboxylic acids is 2. The summed E-state index contributed by atoms with van der Waals surface area (Å²) in [5.41, 5.74) is 5.08. The standard InChI is InChI=1S/C37H44N4O6S/c1-22(2)20-48(44,45)38-35(42)24-10-12-28-31(14-24)41-21-37(36(43)40-18-32-39(3)17-25(40)19-47-32)16-30(37)29-15-26(46-4)11-13-27(29)34(41)33(28)23-8-6-5-7-9-23/h10-15,18,22-23,25,30H,5-9,16-17,19-21H2,1-4H3,(H,38,42)/t25-,30?,37?/m1/s1. The molecule has 4 aliphatic heterocycles. The maximum absolute atomic E-state index is 14.8. The fourth-order valence-corrected chi connectivity index (χ4v) is 10.2. The molecule has 48 heavy (non-hydrogen) atoms. The maximum Gasteiger partial charge on any atom is 0.264 e. The number of sulfonamides is 1. The van der Waals surface area contributed by atoms with Crippen LogP contribution in [0.4, 0.5) is 0 Å². The number of hydrogen-bond donors (Lipinski definition) is 1. The van der Waals surface area contributed by atoms with Gasteiger partial charge in [-0.2, -0.15) is 0 Å². The molecule has 11 heteroatoms. The summed E-state index contributed by atoms with van der Waals surface area (Å²) in [6, 6.07) is 11.8. The second-order valence-electron chi connectivity index (χ2n) is 14.9. The summed E-state index contributed by atoms with van der Waals surface area (Å²) in [7, 11) is -0.133. The fourth-order valence-electron chi connectivity index (χ4n) is 8.86. The molecule has 6 aliphatic rings. The number of rotatable bonds is 7. The highest BCUT2D eigenvalue weighted by Crippen LogP contribution is 2.66. The Kier molecular flexibility index (Phi) is 7.36. The minimum absolute atomic E-state index is 0.00872. The Morgan fingerprint density at radius 1 is 1.10 bits per heavy atom. The van der Waals surface area contributed by atoms with Crippen LogP contribution in [0, 0.1) is 11.3 Å². The first-order chi connectivity index (χ1) is 23.0. The molecule has 9 rings (SSSR count). The molecule has 2 bridgehead atoms. The van der Waals surface area contributed by atoms with Crippen LogP contribution < -0.4 is 9.46 Å². The predicted octanol–water partition coefficient (Wildman–Crippen LogP) is 5.54. The van der Waals surface area contributed by atoms with Crippen molar-refractivity contribution in [3.8, 4) is 17.0 Å². The first-order valence-electron chi connectivity index (χ1n) is 17.3. The van der Waals surface area contributed by atoms with Gasteiger partial charge in [0, 0.05) is 48.1 Å². The lowest BCUT2D eigenvalue weighted by Crippen LogP contribution is -2.56. The molecule has 3 fully saturated rings. The summed E-state index contributed by atoms with van der Waals surface area (Å²) in [5.74, 6) is 1.04. The average Bonchev–Trinajstić information content (AvgIpc) is 3.73. The quantitative estimate of drug-likeness (QED) is 0.351. The molecule has 10 nitrogen and oxygen atoms in total. The smallest absolute Gasteiger partial charge is 0.264 e. The SMILES string of the molecule is COc1ccc2c(c1)C1CC1(C(=O)N1C=C3OC[C@H]1CN3C)Cn1c-2c(C2CCCCC2)c2ccc(C(=O)NS(=O)(=O)CC(C)C)cc21. The summed E-state index contributed by atoms with van der Waals surface area (Å²) in [5, 5.41) is 1.07. The number of carbonyl (C=O) groups is 2. The Morgan fingerprint density at radius 3 is 2.58 bits per heavy atom. The van der Waals surface area contributed by atoms with Gasteiger partial charge in [0.05, 0.1) is 36.2 Å². The summed E-state index contributed by atoms with van der Waals surface area (Å²) >= 11 is 0. The minimum atomic E-state index is -3.79. The number of likely N-dealkylation sites (N-methyl/N-ethyl adjacent to an activating group) is 1. The Hall–Kier alpha value is -3.99. The first-order valence-corrected chi connectivity index (χ1v) is 18.9. The Bertz CT molecular complexity index is 1980. The van der Waals surface area contributed by atoms with Gasteiger partial charge in [0.25, 0.3) is 5.91 Å². The molecule has 1 saturated heterocycles. The van der Waals surface area contributed by atoms with Crippen LogP contribution in [-0.2, 0) is 26.1 Å². The Labute approximate surface area is 282 Å². The summed E-state index contributed by atoms with van der Waals surface area (Å²) in [4.78, 5) is 32.3. The van der Waals surface area contributed by atoms with E-state index < -0.39 is 21.3 Å². The highest BCUT2D eigenvalue weighted by Gasteiger charge is 2.64. The Balaban J connectivity index is 1.31. The van der Waals surface area contributed by atoms with E-state index in [2.05, 4.69) is 26.3 Å². The molecule has 0 spiro atoms. The van der Waals surface area contributed by atoms with Crippen molar-refractivity contribution in [2.24, 2.45) is 11.3 Å². The molecule has 1 N–H and O–H groups in total. The monoisotopic (exact) mass is 672 g/mol. The van der Waals surface area contributed by atoms with Gasteiger partial charge in [0.2, 0.25) is 21.8 Å². The minimum Gasteiger partial charge on any atom is -0.497 e. The number of methoxy groups -OCH3 is 1. The zero-order valence-corrected chi connectivity index (χ0v) is 28.9. The van der Waals surface area contributed by atoms with Crippen molar-refractivity contribution in [2.75, 3.05) is 33.1 Å². The molecule has 5 heterocycles. The van der Waals surface area contributed by atoms with E-state index in [1.165, 1.54) is 12.0 Å². The van der Waals surface area contributed by atoms with Crippen molar-refractivity contribution in [3.05, 3.63) is 65.2 Å². The van der Waals surface area contributed by atoms with E-state index in [0.29, 0.717) is 31.4 Å². The lowest BCUT2D eigenvalue weighted by molar-refractivity contribution is -0.143. The number of hydrogen-bond acceptors (Lipinski definition) is 7. The molecule has 2 amide bonds. The van der Waals surface area contributed by atoms with E-state index >= 15 is 0 Å². The predicted molar refractivity (Wildman–Crippen MR) is 183 cm³/mol. The van der Waals surface area contributed by atoms with E-state index in [-0.39, 0.29) is 35.1 Å². The van der Waals surface area contributed by atoms with Gasteiger partial charge in [-0.1, -0.05) is 39.2 Å². The van der Waals surface area contributed by atoms with Crippen LogP contribution in [0.3, 0.4) is 0 Å². The number of ether oxygens (including phenoxy) is 2. The molecular formula is C37H44N4O6S. The molecule has 1 aromatic heterocycles. The third-order valence-electron chi connectivity index (χ3n) is 11.2. The summed E-state index contributed by atoms with van der Waals surface area (Å²) in [6.07, 6.45) is 8.28. The molecule has 2 aliphatic carbocycles. The number of fused-ring (bicyclic) bond motifs is 10. The number of benzene rings is 2. The van der Waals surface area contributed by atoms with E-state index in [4.69, 9.17) is 9.47 Å². The summed E-state index contributed by atoms with van der Waals surface area (Å²) in [6.45, 7) is 5.29. The number of nitrogens with one attached hydrogen (secondary N) is 1. The summed E-state index contributed by atoms with van der Waals surface area (Å²) < 4.78 is 41.7. The van der Waals surface area contributed by atoms with E-state index in [9.17, 15) is 18.0 Å². The lowest BCUT2D eigenvalue weighted by Gasteiger charge is -2.44. The normalized spacial score (nSPS) is 24.7. The van der Waals surface area contributed by atoms with Crippen LogP contribution in [0.1, 0.15) is 85.7 Å². The van der Waals surface area contributed by atoms with Crippen molar-refractivity contribution in [1.29, 1.82) is 0 Å². The van der Waals surface area contributed by atoms with E-state index in [1.807, 2.05) is 50.2 Å². The lowest BCUT2D eigenvalue weighted by atomic mass is 9.81.